The van der Waals surface area contributed by atoms with Crippen LogP contribution in [0.25, 0.3) is 21.9 Å². The summed E-state index contributed by atoms with van der Waals surface area (Å²) in [7, 11) is 0. The van der Waals surface area contributed by atoms with Crippen LogP contribution < -0.4 is 4.74 Å². The van der Waals surface area contributed by atoms with E-state index in [2.05, 4.69) is 24.3 Å². The molecule has 0 aliphatic carbocycles. The molecule has 0 unspecified atom stereocenters. The first kappa shape index (κ1) is 14.1. The standard InChI is InChI=1S/C19H16O3/c1-13(19(20)21)22-16-11-9-15(10-12-16)18-8-4-6-14-5-2-3-7-17(14)18/h2-13H,1H3,(H,20,21)/t13-/m0/s1. The highest BCUT2D eigenvalue weighted by Gasteiger charge is 2.12. The van der Waals surface area contributed by atoms with E-state index in [4.69, 9.17) is 9.84 Å². The average molecular weight is 292 g/mol. The first-order valence-corrected chi connectivity index (χ1v) is 7.13. The highest BCUT2D eigenvalue weighted by molar-refractivity contribution is 5.96. The van der Waals surface area contributed by atoms with Gasteiger partial charge in [-0.1, -0.05) is 54.6 Å². The smallest absolute Gasteiger partial charge is 0.344 e. The Morgan fingerprint density at radius 1 is 0.955 bits per heavy atom. The number of rotatable bonds is 4. The number of carbonyl (C=O) groups is 1. The molecular formula is C19H16O3. The van der Waals surface area contributed by atoms with Gasteiger partial charge in [0.15, 0.2) is 6.10 Å². The Morgan fingerprint density at radius 3 is 2.36 bits per heavy atom. The van der Waals surface area contributed by atoms with Gasteiger partial charge in [0, 0.05) is 0 Å². The van der Waals surface area contributed by atoms with E-state index in [1.807, 2.05) is 30.3 Å². The van der Waals surface area contributed by atoms with Crippen LogP contribution in [0.2, 0.25) is 0 Å². The monoisotopic (exact) mass is 292 g/mol. The lowest BCUT2D eigenvalue weighted by Gasteiger charge is -2.11. The van der Waals surface area contributed by atoms with Gasteiger partial charge in [0.05, 0.1) is 0 Å². The Labute approximate surface area is 128 Å². The van der Waals surface area contributed by atoms with Gasteiger partial charge in [-0.05, 0) is 41.0 Å². The van der Waals surface area contributed by atoms with Crippen LogP contribution in [0.15, 0.2) is 66.7 Å². The zero-order valence-electron chi connectivity index (χ0n) is 12.2. The van der Waals surface area contributed by atoms with E-state index in [0.29, 0.717) is 5.75 Å². The van der Waals surface area contributed by atoms with Crippen LogP contribution in [0, 0.1) is 0 Å². The summed E-state index contributed by atoms with van der Waals surface area (Å²) in [6, 6.07) is 21.9. The van der Waals surface area contributed by atoms with Crippen molar-refractivity contribution < 1.29 is 14.6 Å². The molecule has 3 nitrogen and oxygen atoms in total. The van der Waals surface area contributed by atoms with E-state index in [1.165, 1.54) is 17.7 Å². The second-order valence-corrected chi connectivity index (χ2v) is 5.15. The highest BCUT2D eigenvalue weighted by Crippen LogP contribution is 2.29. The molecule has 3 heteroatoms. The Hall–Kier alpha value is -2.81. The van der Waals surface area contributed by atoms with Gasteiger partial charge in [-0.25, -0.2) is 4.79 Å². The molecule has 3 aromatic rings. The topological polar surface area (TPSA) is 46.5 Å². The largest absolute Gasteiger partial charge is 0.479 e. The molecule has 0 bridgehead atoms. The number of fused-ring (bicyclic) bond motifs is 1. The minimum Gasteiger partial charge on any atom is -0.479 e. The zero-order valence-corrected chi connectivity index (χ0v) is 12.2. The summed E-state index contributed by atoms with van der Waals surface area (Å²) >= 11 is 0. The van der Waals surface area contributed by atoms with Gasteiger partial charge in [0.2, 0.25) is 0 Å². The maximum Gasteiger partial charge on any atom is 0.344 e. The molecule has 0 saturated carbocycles. The van der Waals surface area contributed by atoms with Crippen LogP contribution in [-0.2, 0) is 4.79 Å². The van der Waals surface area contributed by atoms with E-state index in [9.17, 15) is 4.79 Å². The second kappa shape index (κ2) is 5.90. The number of hydrogen-bond donors (Lipinski definition) is 1. The molecule has 0 aliphatic heterocycles. The van der Waals surface area contributed by atoms with Crippen molar-refractivity contribution in [2.45, 2.75) is 13.0 Å². The fourth-order valence-electron chi connectivity index (χ4n) is 2.44. The third-order valence-corrected chi connectivity index (χ3v) is 3.62. The van der Waals surface area contributed by atoms with Gasteiger partial charge in [-0.3, -0.25) is 0 Å². The Morgan fingerprint density at radius 2 is 1.64 bits per heavy atom. The number of ether oxygens (including phenoxy) is 1. The number of hydrogen-bond acceptors (Lipinski definition) is 2. The van der Waals surface area contributed by atoms with E-state index in [0.717, 1.165) is 11.1 Å². The Balaban J connectivity index is 1.93. The summed E-state index contributed by atoms with van der Waals surface area (Å²) < 4.78 is 5.35. The summed E-state index contributed by atoms with van der Waals surface area (Å²) in [6.07, 6.45) is -0.858. The summed E-state index contributed by atoms with van der Waals surface area (Å²) in [5, 5.41) is 11.3. The minimum atomic E-state index is -0.974. The molecule has 0 amide bonds. The van der Waals surface area contributed by atoms with Crippen molar-refractivity contribution in [1.82, 2.24) is 0 Å². The summed E-state index contributed by atoms with van der Waals surface area (Å²) in [6.45, 7) is 1.51. The fraction of sp³-hybridized carbons (Fsp3) is 0.105. The van der Waals surface area contributed by atoms with Crippen LogP contribution in [0.4, 0.5) is 0 Å². The summed E-state index contributed by atoms with van der Waals surface area (Å²) in [5.41, 5.74) is 2.23. The van der Waals surface area contributed by atoms with Gasteiger partial charge in [-0.2, -0.15) is 0 Å². The van der Waals surface area contributed by atoms with Crippen molar-refractivity contribution in [3.63, 3.8) is 0 Å². The summed E-state index contributed by atoms with van der Waals surface area (Å²) in [4.78, 5) is 10.8. The first-order valence-electron chi connectivity index (χ1n) is 7.13. The lowest BCUT2D eigenvalue weighted by molar-refractivity contribution is -0.144. The van der Waals surface area contributed by atoms with Crippen LogP contribution >= 0.6 is 0 Å². The molecule has 0 fully saturated rings. The molecule has 0 heterocycles. The predicted molar refractivity (Wildman–Crippen MR) is 87.1 cm³/mol. The predicted octanol–water partition coefficient (Wildman–Crippen LogP) is 4.36. The number of aliphatic carboxylic acids is 1. The number of benzene rings is 3. The third kappa shape index (κ3) is 2.79. The van der Waals surface area contributed by atoms with Crippen molar-refractivity contribution in [1.29, 1.82) is 0 Å². The highest BCUT2D eigenvalue weighted by atomic mass is 16.5. The quantitative estimate of drug-likeness (QED) is 0.777. The lowest BCUT2D eigenvalue weighted by Crippen LogP contribution is -2.22. The molecule has 22 heavy (non-hydrogen) atoms. The molecular weight excluding hydrogens is 276 g/mol. The van der Waals surface area contributed by atoms with Crippen molar-refractivity contribution >= 4 is 16.7 Å². The van der Waals surface area contributed by atoms with E-state index in [-0.39, 0.29) is 0 Å². The van der Waals surface area contributed by atoms with Crippen LogP contribution in [0.5, 0.6) is 5.75 Å². The van der Waals surface area contributed by atoms with E-state index >= 15 is 0 Å². The van der Waals surface area contributed by atoms with Gasteiger partial charge in [0.25, 0.3) is 0 Å². The van der Waals surface area contributed by atoms with Crippen LogP contribution in [0.1, 0.15) is 6.92 Å². The Bertz CT molecular complexity index is 801. The molecule has 1 atom stereocenters. The summed E-state index contributed by atoms with van der Waals surface area (Å²) in [5.74, 6) is -0.419. The van der Waals surface area contributed by atoms with Gasteiger partial charge in [-0.15, -0.1) is 0 Å². The molecule has 0 spiro atoms. The molecule has 0 radical (unpaired) electrons. The van der Waals surface area contributed by atoms with Gasteiger partial charge < -0.3 is 9.84 Å². The molecule has 1 N–H and O–H groups in total. The number of carboxylic acids is 1. The molecule has 3 aromatic carbocycles. The van der Waals surface area contributed by atoms with Crippen molar-refractivity contribution in [3.05, 3.63) is 66.7 Å². The molecule has 0 saturated heterocycles. The maximum atomic E-state index is 10.8. The van der Waals surface area contributed by atoms with Gasteiger partial charge >= 0.3 is 5.97 Å². The molecule has 3 rings (SSSR count). The Kier molecular flexibility index (Phi) is 3.79. The van der Waals surface area contributed by atoms with Gasteiger partial charge in [0.1, 0.15) is 5.75 Å². The molecule has 0 aromatic heterocycles. The SMILES string of the molecule is C[C@H](Oc1ccc(-c2cccc3ccccc23)cc1)C(=O)O. The average Bonchev–Trinajstić information content (AvgIpc) is 2.55. The maximum absolute atomic E-state index is 10.8. The molecule has 0 aliphatic rings. The second-order valence-electron chi connectivity index (χ2n) is 5.15. The zero-order chi connectivity index (χ0) is 15.5. The van der Waals surface area contributed by atoms with Crippen molar-refractivity contribution in [2.24, 2.45) is 0 Å². The molecule has 110 valence electrons. The minimum absolute atomic E-state index is 0.555. The lowest BCUT2D eigenvalue weighted by atomic mass is 9.98. The fourth-order valence-corrected chi connectivity index (χ4v) is 2.44. The van der Waals surface area contributed by atoms with E-state index < -0.39 is 12.1 Å². The first-order chi connectivity index (χ1) is 10.6. The number of carboxylic acid groups (broad SMARTS) is 1. The van der Waals surface area contributed by atoms with Crippen LogP contribution in [0.3, 0.4) is 0 Å². The normalized spacial score (nSPS) is 12.0. The van der Waals surface area contributed by atoms with E-state index in [1.54, 1.807) is 12.1 Å². The van der Waals surface area contributed by atoms with Crippen molar-refractivity contribution in [3.8, 4) is 16.9 Å². The van der Waals surface area contributed by atoms with Crippen molar-refractivity contribution in [2.75, 3.05) is 0 Å². The third-order valence-electron chi connectivity index (χ3n) is 3.62. The van der Waals surface area contributed by atoms with Crippen LogP contribution in [-0.4, -0.2) is 17.2 Å².